The number of aromatic nitrogens is 4. The molecule has 4 heterocycles. The van der Waals surface area contributed by atoms with Crippen LogP contribution in [-0.2, 0) is 24.3 Å². The molecule has 5 rings (SSSR count). The van der Waals surface area contributed by atoms with E-state index in [1.807, 2.05) is 17.8 Å². The molecule has 0 aliphatic carbocycles. The van der Waals surface area contributed by atoms with Crippen LogP contribution in [0.4, 0.5) is 14.6 Å². The van der Waals surface area contributed by atoms with Gasteiger partial charge in [-0.25, -0.2) is 18.7 Å². The lowest BCUT2D eigenvalue weighted by atomic mass is 10.0. The Labute approximate surface area is 220 Å². The van der Waals surface area contributed by atoms with Gasteiger partial charge in [0, 0.05) is 63.3 Å². The molecule has 0 bridgehead atoms. The van der Waals surface area contributed by atoms with Gasteiger partial charge in [-0.3, -0.25) is 9.48 Å². The fraction of sp³-hybridized carbons (Fsp3) is 0.481. The minimum Gasteiger partial charge on any atom is -0.487 e. The van der Waals surface area contributed by atoms with Gasteiger partial charge in [0.05, 0.1) is 24.1 Å². The van der Waals surface area contributed by atoms with Gasteiger partial charge in [-0.15, -0.1) is 0 Å². The van der Waals surface area contributed by atoms with Crippen molar-refractivity contribution in [2.24, 2.45) is 0 Å². The maximum atomic E-state index is 14.1. The second-order valence-corrected chi connectivity index (χ2v) is 10.3. The van der Waals surface area contributed by atoms with E-state index in [0.717, 1.165) is 23.1 Å². The van der Waals surface area contributed by atoms with Crippen LogP contribution in [0.15, 0.2) is 30.6 Å². The molecule has 2 aliphatic rings. The number of fused-ring (bicyclic) bond motifs is 1. The van der Waals surface area contributed by atoms with E-state index in [1.165, 1.54) is 26.0 Å². The van der Waals surface area contributed by atoms with Gasteiger partial charge in [-0.05, 0) is 32.9 Å². The Morgan fingerprint density at radius 1 is 1.16 bits per heavy atom. The molecule has 1 N–H and O–H groups in total. The van der Waals surface area contributed by atoms with E-state index < -0.39 is 17.2 Å². The zero-order valence-electron chi connectivity index (χ0n) is 21.8. The quantitative estimate of drug-likeness (QED) is 0.526. The van der Waals surface area contributed by atoms with Crippen molar-refractivity contribution in [1.82, 2.24) is 24.6 Å². The van der Waals surface area contributed by atoms with Crippen LogP contribution < -0.4 is 9.64 Å². The van der Waals surface area contributed by atoms with Crippen LogP contribution in [0.25, 0.3) is 11.3 Å². The summed E-state index contributed by atoms with van der Waals surface area (Å²) < 4.78 is 35.0. The number of rotatable bonds is 6. The van der Waals surface area contributed by atoms with Crippen LogP contribution in [0.2, 0.25) is 0 Å². The minimum atomic E-state index is -1.46. The molecule has 0 spiro atoms. The standard InChI is InChI=1S/C27H32F2N6O3/c1-4-35-15-17(14-30-35)24-25(32-21-9-12-34(16-22(21)31-24)26(36)27(2,3)37)33-10-7-19(8-11-33)38-23-6-5-18(28)13-20(23)29/h5-6,13-15,19,37H,4,7-12,16H2,1-3H3. The summed E-state index contributed by atoms with van der Waals surface area (Å²) in [5.41, 5.74) is 1.60. The summed E-state index contributed by atoms with van der Waals surface area (Å²) >= 11 is 0. The Morgan fingerprint density at radius 2 is 1.92 bits per heavy atom. The Hall–Kier alpha value is -3.60. The first-order valence-electron chi connectivity index (χ1n) is 12.9. The molecule has 0 atom stereocenters. The summed E-state index contributed by atoms with van der Waals surface area (Å²) in [5.74, 6) is -0.888. The maximum absolute atomic E-state index is 14.1. The smallest absolute Gasteiger partial charge is 0.254 e. The summed E-state index contributed by atoms with van der Waals surface area (Å²) in [4.78, 5) is 26.5. The molecule has 202 valence electrons. The van der Waals surface area contributed by atoms with E-state index in [4.69, 9.17) is 14.7 Å². The molecule has 38 heavy (non-hydrogen) atoms. The van der Waals surface area contributed by atoms with Gasteiger partial charge < -0.3 is 19.6 Å². The van der Waals surface area contributed by atoms with Crippen molar-refractivity contribution in [3.8, 4) is 17.0 Å². The molecule has 9 nitrogen and oxygen atoms in total. The SMILES string of the molecule is CCn1cc(-c2nc3c(nc2N2CCC(Oc4ccc(F)cc4F)CC2)CCN(C(=O)C(C)(C)O)C3)cn1. The average molecular weight is 527 g/mol. The molecule has 2 aromatic heterocycles. The highest BCUT2D eigenvalue weighted by Gasteiger charge is 2.34. The van der Waals surface area contributed by atoms with Crippen LogP contribution in [0, 0.1) is 11.6 Å². The highest BCUT2D eigenvalue weighted by atomic mass is 19.1. The number of hydrogen-bond donors (Lipinski definition) is 1. The third-order valence-electron chi connectivity index (χ3n) is 6.96. The van der Waals surface area contributed by atoms with Crippen LogP contribution >= 0.6 is 0 Å². The Kier molecular flexibility index (Phi) is 7.04. The van der Waals surface area contributed by atoms with E-state index in [-0.39, 0.29) is 24.3 Å². The van der Waals surface area contributed by atoms with Gasteiger partial charge in [-0.2, -0.15) is 5.10 Å². The van der Waals surface area contributed by atoms with Gasteiger partial charge in [0.2, 0.25) is 0 Å². The van der Waals surface area contributed by atoms with Crippen molar-refractivity contribution in [2.75, 3.05) is 24.5 Å². The number of ether oxygens (including phenoxy) is 1. The molecule has 1 aromatic carbocycles. The number of aliphatic hydroxyl groups is 1. The fourth-order valence-electron chi connectivity index (χ4n) is 4.89. The first-order valence-corrected chi connectivity index (χ1v) is 12.9. The number of carbonyl (C=O) groups excluding carboxylic acids is 1. The highest BCUT2D eigenvalue weighted by molar-refractivity contribution is 5.84. The monoisotopic (exact) mass is 526 g/mol. The van der Waals surface area contributed by atoms with Gasteiger partial charge in [0.25, 0.3) is 5.91 Å². The molecule has 1 fully saturated rings. The van der Waals surface area contributed by atoms with Crippen molar-refractivity contribution >= 4 is 11.7 Å². The number of piperidine rings is 1. The largest absolute Gasteiger partial charge is 0.487 e. The second-order valence-electron chi connectivity index (χ2n) is 10.3. The Morgan fingerprint density at radius 3 is 2.58 bits per heavy atom. The van der Waals surface area contributed by atoms with Crippen LogP contribution in [-0.4, -0.2) is 67.0 Å². The predicted molar refractivity (Wildman–Crippen MR) is 137 cm³/mol. The first kappa shape index (κ1) is 26.0. The summed E-state index contributed by atoms with van der Waals surface area (Å²) in [7, 11) is 0. The number of aryl methyl sites for hydroxylation is 1. The third kappa shape index (κ3) is 5.33. The number of nitrogens with zero attached hydrogens (tertiary/aromatic N) is 6. The van der Waals surface area contributed by atoms with E-state index in [0.29, 0.717) is 56.8 Å². The van der Waals surface area contributed by atoms with Crippen molar-refractivity contribution in [3.63, 3.8) is 0 Å². The van der Waals surface area contributed by atoms with Crippen molar-refractivity contribution in [2.45, 2.75) is 64.8 Å². The number of amides is 1. The molecule has 1 saturated heterocycles. The molecule has 2 aliphatic heterocycles. The molecule has 0 unspecified atom stereocenters. The molecule has 1 amide bonds. The van der Waals surface area contributed by atoms with Crippen LogP contribution in [0.5, 0.6) is 5.75 Å². The van der Waals surface area contributed by atoms with Crippen molar-refractivity contribution < 1.29 is 23.4 Å². The third-order valence-corrected chi connectivity index (χ3v) is 6.96. The predicted octanol–water partition coefficient (Wildman–Crippen LogP) is 3.34. The normalized spacial score (nSPS) is 16.5. The summed E-state index contributed by atoms with van der Waals surface area (Å²) in [6.45, 7) is 7.67. The summed E-state index contributed by atoms with van der Waals surface area (Å²) in [5, 5.41) is 14.6. The van der Waals surface area contributed by atoms with Gasteiger partial charge in [0.15, 0.2) is 17.4 Å². The number of carbonyl (C=O) groups is 1. The topological polar surface area (TPSA) is 96.6 Å². The van der Waals surface area contributed by atoms with E-state index in [9.17, 15) is 18.7 Å². The van der Waals surface area contributed by atoms with Crippen molar-refractivity contribution in [3.05, 3.63) is 53.6 Å². The zero-order chi connectivity index (χ0) is 27.0. The van der Waals surface area contributed by atoms with Gasteiger partial charge in [0.1, 0.15) is 23.2 Å². The lowest BCUT2D eigenvalue weighted by Gasteiger charge is -2.35. The molecular weight excluding hydrogens is 494 g/mol. The zero-order valence-corrected chi connectivity index (χ0v) is 21.8. The molecule has 0 radical (unpaired) electrons. The number of hydrogen-bond acceptors (Lipinski definition) is 7. The maximum Gasteiger partial charge on any atom is 0.254 e. The fourth-order valence-corrected chi connectivity index (χ4v) is 4.89. The Bertz CT molecular complexity index is 1330. The average Bonchev–Trinajstić information content (AvgIpc) is 3.38. The Balaban J connectivity index is 1.39. The molecular formula is C27H32F2N6O3. The van der Waals surface area contributed by atoms with Crippen LogP contribution in [0.3, 0.4) is 0 Å². The molecule has 0 saturated carbocycles. The van der Waals surface area contributed by atoms with Crippen molar-refractivity contribution in [1.29, 1.82) is 0 Å². The lowest BCUT2D eigenvalue weighted by Crippen LogP contribution is -2.47. The van der Waals surface area contributed by atoms with Crippen LogP contribution in [0.1, 0.15) is 45.0 Å². The molecule has 3 aromatic rings. The van der Waals surface area contributed by atoms with Gasteiger partial charge >= 0.3 is 0 Å². The molecule has 11 heteroatoms. The highest BCUT2D eigenvalue weighted by Crippen LogP contribution is 2.33. The lowest BCUT2D eigenvalue weighted by molar-refractivity contribution is -0.148. The number of benzene rings is 1. The van der Waals surface area contributed by atoms with E-state index in [1.54, 1.807) is 11.1 Å². The number of anilines is 1. The first-order chi connectivity index (χ1) is 18.1. The summed E-state index contributed by atoms with van der Waals surface area (Å²) in [6.07, 6.45) is 5.29. The van der Waals surface area contributed by atoms with E-state index in [2.05, 4.69) is 10.00 Å². The second kappa shape index (κ2) is 10.3. The minimum absolute atomic E-state index is 0.0521. The van der Waals surface area contributed by atoms with Gasteiger partial charge in [-0.1, -0.05) is 0 Å². The summed E-state index contributed by atoms with van der Waals surface area (Å²) in [6, 6.07) is 3.34. The number of halogens is 2. The van der Waals surface area contributed by atoms with E-state index >= 15 is 0 Å².